The first-order valence-corrected chi connectivity index (χ1v) is 14.7. The van der Waals surface area contributed by atoms with Crippen LogP contribution in [0.3, 0.4) is 0 Å². The highest BCUT2D eigenvalue weighted by molar-refractivity contribution is 5.82. The first-order chi connectivity index (χ1) is 16.7. The predicted molar refractivity (Wildman–Crippen MR) is 142 cm³/mol. The van der Waals surface area contributed by atoms with Crippen LogP contribution in [0, 0.1) is 11.8 Å². The SMILES string of the molecule is CCCCCCCCCCCCCCCCOC(=O)C1CC=CCC1C(=O)OCCCCCC. The highest BCUT2D eigenvalue weighted by atomic mass is 16.5. The van der Waals surface area contributed by atoms with Crippen molar-refractivity contribution in [2.75, 3.05) is 13.2 Å². The Morgan fingerprint density at radius 2 is 0.824 bits per heavy atom. The number of ether oxygens (including phenoxy) is 2. The van der Waals surface area contributed by atoms with E-state index in [1.807, 2.05) is 12.2 Å². The van der Waals surface area contributed by atoms with Gasteiger partial charge in [-0.15, -0.1) is 0 Å². The molecule has 1 aliphatic carbocycles. The van der Waals surface area contributed by atoms with E-state index in [1.54, 1.807) is 0 Å². The summed E-state index contributed by atoms with van der Waals surface area (Å²) in [7, 11) is 0. The quantitative estimate of drug-likeness (QED) is 0.0886. The Kier molecular flexibility index (Phi) is 20.0. The second-order valence-corrected chi connectivity index (χ2v) is 10.1. The minimum atomic E-state index is -0.389. The summed E-state index contributed by atoms with van der Waals surface area (Å²) in [6, 6.07) is 0. The highest BCUT2D eigenvalue weighted by Crippen LogP contribution is 2.28. The second-order valence-electron chi connectivity index (χ2n) is 10.1. The van der Waals surface area contributed by atoms with Crippen LogP contribution in [0.2, 0.25) is 0 Å². The molecule has 0 aliphatic heterocycles. The summed E-state index contributed by atoms with van der Waals surface area (Å²) in [4.78, 5) is 25.1. The van der Waals surface area contributed by atoms with E-state index in [9.17, 15) is 9.59 Å². The Morgan fingerprint density at radius 3 is 1.18 bits per heavy atom. The fraction of sp³-hybridized carbons (Fsp3) is 0.867. The normalized spacial score (nSPS) is 17.6. The number of carbonyl (C=O) groups excluding carboxylic acids is 2. The van der Waals surface area contributed by atoms with E-state index in [4.69, 9.17) is 9.47 Å². The van der Waals surface area contributed by atoms with Crippen LogP contribution in [0.1, 0.15) is 142 Å². The molecule has 0 radical (unpaired) electrons. The molecule has 0 aromatic heterocycles. The zero-order chi connectivity index (χ0) is 24.7. The summed E-state index contributed by atoms with van der Waals surface area (Å²) < 4.78 is 11.0. The molecule has 0 heterocycles. The molecule has 34 heavy (non-hydrogen) atoms. The van der Waals surface area contributed by atoms with E-state index < -0.39 is 0 Å². The molecule has 4 heteroatoms. The van der Waals surface area contributed by atoms with E-state index in [0.717, 1.165) is 38.5 Å². The minimum absolute atomic E-state index is 0.230. The standard InChI is InChI=1S/C30H54O4/c1-3-5-7-9-10-11-12-13-14-15-16-17-18-22-26-34-30(32)28-24-20-19-23-27(28)29(31)33-25-21-8-6-4-2/h19-20,27-28H,3-18,21-26H2,1-2H3. The fourth-order valence-electron chi connectivity index (χ4n) is 4.72. The predicted octanol–water partition coefficient (Wildman–Crippen LogP) is 8.72. The summed E-state index contributed by atoms with van der Waals surface area (Å²) in [6.07, 6.45) is 27.8. The van der Waals surface area contributed by atoms with Crippen molar-refractivity contribution in [2.45, 2.75) is 142 Å². The Bertz CT molecular complexity index is 528. The third-order valence-electron chi connectivity index (χ3n) is 7.02. The molecule has 0 N–H and O–H groups in total. The van der Waals surface area contributed by atoms with Gasteiger partial charge in [-0.2, -0.15) is 0 Å². The van der Waals surface area contributed by atoms with Gasteiger partial charge in [0, 0.05) is 0 Å². The molecule has 0 aromatic carbocycles. The zero-order valence-electron chi connectivity index (χ0n) is 22.5. The first-order valence-electron chi connectivity index (χ1n) is 14.7. The van der Waals surface area contributed by atoms with E-state index in [0.29, 0.717) is 26.1 Å². The van der Waals surface area contributed by atoms with E-state index >= 15 is 0 Å². The van der Waals surface area contributed by atoms with Crippen LogP contribution < -0.4 is 0 Å². The highest BCUT2D eigenvalue weighted by Gasteiger charge is 2.36. The topological polar surface area (TPSA) is 52.6 Å². The van der Waals surface area contributed by atoms with Gasteiger partial charge in [-0.25, -0.2) is 0 Å². The van der Waals surface area contributed by atoms with Crippen molar-refractivity contribution in [3.8, 4) is 0 Å². The van der Waals surface area contributed by atoms with Gasteiger partial charge in [0.05, 0.1) is 25.0 Å². The molecule has 0 fully saturated rings. The molecule has 2 atom stereocenters. The molecule has 0 aromatic rings. The van der Waals surface area contributed by atoms with Gasteiger partial charge in [-0.05, 0) is 25.7 Å². The maximum Gasteiger partial charge on any atom is 0.310 e. The van der Waals surface area contributed by atoms with Crippen molar-refractivity contribution in [1.29, 1.82) is 0 Å². The molecule has 198 valence electrons. The Morgan fingerprint density at radius 1 is 0.529 bits per heavy atom. The second kappa shape index (κ2) is 22.2. The average molecular weight is 479 g/mol. The maximum absolute atomic E-state index is 12.6. The molecule has 0 saturated heterocycles. The van der Waals surface area contributed by atoms with E-state index in [2.05, 4.69) is 13.8 Å². The molecule has 1 aliphatic rings. The lowest BCUT2D eigenvalue weighted by molar-refractivity contribution is -0.161. The Hall–Kier alpha value is -1.32. The van der Waals surface area contributed by atoms with Crippen LogP contribution in [0.15, 0.2) is 12.2 Å². The van der Waals surface area contributed by atoms with Crippen LogP contribution in [0.25, 0.3) is 0 Å². The van der Waals surface area contributed by atoms with Crippen LogP contribution in [0.4, 0.5) is 0 Å². The van der Waals surface area contributed by atoms with Crippen molar-refractivity contribution in [1.82, 2.24) is 0 Å². The van der Waals surface area contributed by atoms with E-state index in [1.165, 1.54) is 77.0 Å². The zero-order valence-corrected chi connectivity index (χ0v) is 22.5. The van der Waals surface area contributed by atoms with Crippen LogP contribution in [-0.2, 0) is 19.1 Å². The van der Waals surface area contributed by atoms with Gasteiger partial charge in [0.15, 0.2) is 0 Å². The third-order valence-corrected chi connectivity index (χ3v) is 7.02. The number of rotatable bonds is 22. The van der Waals surface area contributed by atoms with Crippen molar-refractivity contribution >= 4 is 11.9 Å². The smallest absolute Gasteiger partial charge is 0.310 e. The van der Waals surface area contributed by atoms with Crippen molar-refractivity contribution in [3.05, 3.63) is 12.2 Å². The largest absolute Gasteiger partial charge is 0.465 e. The Labute approximate surface area is 210 Å². The number of allylic oxidation sites excluding steroid dienone is 2. The average Bonchev–Trinajstić information content (AvgIpc) is 2.86. The lowest BCUT2D eigenvalue weighted by Crippen LogP contribution is -2.34. The summed E-state index contributed by atoms with van der Waals surface area (Å²) in [5.41, 5.74) is 0. The van der Waals surface area contributed by atoms with Gasteiger partial charge in [0.25, 0.3) is 0 Å². The van der Waals surface area contributed by atoms with Gasteiger partial charge in [0.2, 0.25) is 0 Å². The van der Waals surface area contributed by atoms with Crippen molar-refractivity contribution < 1.29 is 19.1 Å². The monoisotopic (exact) mass is 478 g/mol. The van der Waals surface area contributed by atoms with Gasteiger partial charge >= 0.3 is 11.9 Å². The fourth-order valence-corrected chi connectivity index (χ4v) is 4.72. The molecule has 1 rings (SSSR count). The maximum atomic E-state index is 12.6. The van der Waals surface area contributed by atoms with Gasteiger partial charge in [-0.3, -0.25) is 9.59 Å². The molecular formula is C30H54O4. The molecule has 0 spiro atoms. The Balaban J connectivity index is 2.03. The van der Waals surface area contributed by atoms with Crippen molar-refractivity contribution in [3.63, 3.8) is 0 Å². The number of esters is 2. The lowest BCUT2D eigenvalue weighted by Gasteiger charge is -2.25. The van der Waals surface area contributed by atoms with E-state index in [-0.39, 0.29) is 23.8 Å². The molecular weight excluding hydrogens is 424 g/mol. The number of hydrogen-bond acceptors (Lipinski definition) is 4. The summed E-state index contributed by atoms with van der Waals surface area (Å²) in [6.45, 7) is 5.36. The van der Waals surface area contributed by atoms with Gasteiger partial charge < -0.3 is 9.47 Å². The third kappa shape index (κ3) is 15.6. The number of unbranched alkanes of at least 4 members (excludes halogenated alkanes) is 16. The molecule has 0 saturated carbocycles. The van der Waals surface area contributed by atoms with Crippen molar-refractivity contribution in [2.24, 2.45) is 11.8 Å². The molecule has 4 nitrogen and oxygen atoms in total. The first kappa shape index (κ1) is 30.7. The summed E-state index contributed by atoms with van der Waals surface area (Å²) >= 11 is 0. The summed E-state index contributed by atoms with van der Waals surface area (Å²) in [5, 5.41) is 0. The van der Waals surface area contributed by atoms with Crippen LogP contribution >= 0.6 is 0 Å². The lowest BCUT2D eigenvalue weighted by atomic mass is 9.83. The summed E-state index contributed by atoms with van der Waals surface area (Å²) in [5.74, 6) is -1.24. The van der Waals surface area contributed by atoms with Crippen LogP contribution in [-0.4, -0.2) is 25.2 Å². The van der Waals surface area contributed by atoms with Gasteiger partial charge in [0.1, 0.15) is 0 Å². The minimum Gasteiger partial charge on any atom is -0.465 e. The molecule has 0 amide bonds. The van der Waals surface area contributed by atoms with Crippen LogP contribution in [0.5, 0.6) is 0 Å². The number of hydrogen-bond donors (Lipinski definition) is 0. The molecule has 0 bridgehead atoms. The number of carbonyl (C=O) groups is 2. The van der Waals surface area contributed by atoms with Gasteiger partial charge in [-0.1, -0.05) is 129 Å². The molecule has 2 unspecified atom stereocenters.